The minimum absolute atomic E-state index is 0.0288. The van der Waals surface area contributed by atoms with Crippen LogP contribution in [-0.4, -0.2) is 30.7 Å². The van der Waals surface area contributed by atoms with Crippen LogP contribution in [0, 0.1) is 11.3 Å². The number of hydrogen-bond donors (Lipinski definition) is 0. The van der Waals surface area contributed by atoms with Gasteiger partial charge in [0.1, 0.15) is 0 Å². The van der Waals surface area contributed by atoms with E-state index in [-0.39, 0.29) is 17.8 Å². The number of hydrogen-bond acceptors (Lipinski definition) is 3. The van der Waals surface area contributed by atoms with E-state index in [4.69, 9.17) is 9.47 Å². The summed E-state index contributed by atoms with van der Waals surface area (Å²) in [7, 11) is 0. The zero-order valence-electron chi connectivity index (χ0n) is 12.5. The second-order valence-electron chi connectivity index (χ2n) is 7.11. The second kappa shape index (κ2) is 5.34. The Morgan fingerprint density at radius 1 is 1.20 bits per heavy atom. The van der Waals surface area contributed by atoms with Crippen LogP contribution in [0.3, 0.4) is 0 Å². The third-order valence-corrected chi connectivity index (χ3v) is 4.28. The summed E-state index contributed by atoms with van der Waals surface area (Å²) in [5, 5.41) is 0. The van der Waals surface area contributed by atoms with E-state index in [2.05, 4.69) is 13.8 Å². The van der Waals surface area contributed by atoms with Gasteiger partial charge in [-0.25, -0.2) is 0 Å². The van der Waals surface area contributed by atoms with Crippen LogP contribution < -0.4 is 0 Å². The van der Waals surface area contributed by atoms with Crippen LogP contribution in [0.5, 0.6) is 0 Å². The molecule has 1 saturated carbocycles. The molecule has 0 N–H and O–H groups in total. The lowest BCUT2D eigenvalue weighted by atomic mass is 9.80. The normalized spacial score (nSPS) is 26.6. The lowest BCUT2D eigenvalue weighted by Crippen LogP contribution is -2.49. The molecule has 116 valence electrons. The van der Waals surface area contributed by atoms with Gasteiger partial charge in [0.25, 0.3) is 0 Å². The van der Waals surface area contributed by atoms with Gasteiger partial charge in [-0.1, -0.05) is 13.8 Å². The molecule has 0 atom stereocenters. The summed E-state index contributed by atoms with van der Waals surface area (Å²) in [6.45, 7) is 6.17. The van der Waals surface area contributed by atoms with Crippen LogP contribution in [0.15, 0.2) is 0 Å². The molecule has 1 aliphatic heterocycles. The van der Waals surface area contributed by atoms with E-state index in [1.54, 1.807) is 0 Å². The van der Waals surface area contributed by atoms with E-state index < -0.39 is 17.5 Å². The summed E-state index contributed by atoms with van der Waals surface area (Å²) in [6, 6.07) is 0. The van der Waals surface area contributed by atoms with Crippen molar-refractivity contribution in [1.82, 2.24) is 0 Å². The molecule has 2 aliphatic rings. The minimum Gasteiger partial charge on any atom is -0.349 e. The van der Waals surface area contributed by atoms with Crippen LogP contribution in [0.1, 0.15) is 52.9 Å². The van der Waals surface area contributed by atoms with Crippen LogP contribution in [0.25, 0.3) is 0 Å². The average Bonchev–Trinajstić information content (AvgIpc) is 2.35. The molecule has 0 unspecified atom stereocenters. The van der Waals surface area contributed by atoms with E-state index in [0.717, 1.165) is 0 Å². The zero-order valence-corrected chi connectivity index (χ0v) is 12.5. The van der Waals surface area contributed by atoms with Gasteiger partial charge in [-0.3, -0.25) is 4.79 Å². The fourth-order valence-electron chi connectivity index (χ4n) is 2.79. The van der Waals surface area contributed by atoms with Crippen molar-refractivity contribution < 1.29 is 23.0 Å². The van der Waals surface area contributed by atoms with E-state index in [1.165, 1.54) is 0 Å². The van der Waals surface area contributed by atoms with Crippen LogP contribution in [0.2, 0.25) is 0 Å². The second-order valence-corrected chi connectivity index (χ2v) is 7.11. The maximum absolute atomic E-state index is 12.9. The van der Waals surface area contributed by atoms with Gasteiger partial charge in [-0.15, -0.1) is 0 Å². The first-order valence-corrected chi connectivity index (χ1v) is 7.31. The van der Waals surface area contributed by atoms with Gasteiger partial charge in [0, 0.05) is 31.6 Å². The highest BCUT2D eigenvalue weighted by Crippen LogP contribution is 2.42. The number of halogens is 2. The van der Waals surface area contributed by atoms with Gasteiger partial charge >= 0.3 is 5.92 Å². The zero-order chi connectivity index (χ0) is 15.0. The van der Waals surface area contributed by atoms with Gasteiger partial charge in [-0.05, 0) is 18.8 Å². The highest BCUT2D eigenvalue weighted by molar-refractivity contribution is 5.85. The Labute approximate surface area is 119 Å². The molecule has 1 saturated heterocycles. The quantitative estimate of drug-likeness (QED) is 0.797. The Morgan fingerprint density at radius 3 is 2.15 bits per heavy atom. The van der Waals surface area contributed by atoms with Gasteiger partial charge < -0.3 is 9.47 Å². The SMILES string of the molecule is CC1(C)COC2(CCC(CC(=O)C(C)(F)F)CC2)OC1. The van der Waals surface area contributed by atoms with Gasteiger partial charge in [0.05, 0.1) is 13.2 Å². The van der Waals surface area contributed by atoms with Crippen molar-refractivity contribution in [2.24, 2.45) is 11.3 Å². The summed E-state index contributed by atoms with van der Waals surface area (Å²) < 4.78 is 37.6. The molecular weight excluding hydrogens is 266 g/mol. The first-order chi connectivity index (χ1) is 9.12. The summed E-state index contributed by atoms with van der Waals surface area (Å²) in [5.41, 5.74) is 0.0301. The molecule has 0 amide bonds. The van der Waals surface area contributed by atoms with E-state index in [9.17, 15) is 13.6 Å². The van der Waals surface area contributed by atoms with Crippen LogP contribution in [-0.2, 0) is 14.3 Å². The lowest BCUT2D eigenvalue weighted by Gasteiger charge is -2.46. The highest BCUT2D eigenvalue weighted by Gasteiger charge is 2.44. The Balaban J connectivity index is 1.83. The van der Waals surface area contributed by atoms with Gasteiger partial charge in [-0.2, -0.15) is 8.78 Å². The third-order valence-electron chi connectivity index (χ3n) is 4.28. The molecule has 0 bridgehead atoms. The van der Waals surface area contributed by atoms with Crippen LogP contribution in [0.4, 0.5) is 8.78 Å². The molecule has 0 aromatic rings. The van der Waals surface area contributed by atoms with Gasteiger partial charge in [0.2, 0.25) is 5.78 Å². The Hall–Kier alpha value is -0.550. The maximum Gasteiger partial charge on any atom is 0.302 e. The fraction of sp³-hybridized carbons (Fsp3) is 0.933. The summed E-state index contributed by atoms with van der Waals surface area (Å²) >= 11 is 0. The van der Waals surface area contributed by atoms with E-state index in [0.29, 0.717) is 45.8 Å². The van der Waals surface area contributed by atoms with Crippen molar-refractivity contribution in [3.05, 3.63) is 0 Å². The predicted octanol–water partition coefficient (Wildman–Crippen LogP) is 3.56. The molecule has 2 rings (SSSR count). The summed E-state index contributed by atoms with van der Waals surface area (Å²) in [4.78, 5) is 11.4. The first-order valence-electron chi connectivity index (χ1n) is 7.31. The number of carbonyl (C=O) groups excluding carboxylic acids is 1. The first kappa shape index (κ1) is 15.8. The number of carbonyl (C=O) groups is 1. The molecule has 1 aliphatic carbocycles. The topological polar surface area (TPSA) is 35.5 Å². The standard InChI is InChI=1S/C15H24F2O3/c1-13(2)9-19-15(20-10-13)6-4-11(5-7-15)8-12(18)14(3,16)17/h11H,4-10H2,1-3H3. The number of Topliss-reactive ketones (excluding diaryl/α,β-unsaturated/α-hetero) is 1. The smallest absolute Gasteiger partial charge is 0.302 e. The number of ether oxygens (including phenoxy) is 2. The average molecular weight is 290 g/mol. The van der Waals surface area contributed by atoms with E-state index >= 15 is 0 Å². The monoisotopic (exact) mass is 290 g/mol. The van der Waals surface area contributed by atoms with Crippen molar-refractivity contribution in [3.8, 4) is 0 Å². The lowest BCUT2D eigenvalue weighted by molar-refractivity contribution is -0.312. The predicted molar refractivity (Wildman–Crippen MR) is 70.6 cm³/mol. The van der Waals surface area contributed by atoms with Crippen LogP contribution >= 0.6 is 0 Å². The molecule has 2 fully saturated rings. The summed E-state index contributed by atoms with van der Waals surface area (Å²) in [5.74, 6) is -4.67. The number of rotatable bonds is 3. The van der Waals surface area contributed by atoms with E-state index in [1.807, 2.05) is 0 Å². The molecule has 20 heavy (non-hydrogen) atoms. The Kier molecular flexibility index (Phi) is 4.22. The summed E-state index contributed by atoms with van der Waals surface area (Å²) in [6.07, 6.45) is 2.77. The van der Waals surface area contributed by atoms with Crippen molar-refractivity contribution in [3.63, 3.8) is 0 Å². The largest absolute Gasteiger partial charge is 0.349 e. The molecule has 0 aromatic heterocycles. The Morgan fingerprint density at radius 2 is 1.70 bits per heavy atom. The van der Waals surface area contributed by atoms with Crippen molar-refractivity contribution in [2.75, 3.05) is 13.2 Å². The maximum atomic E-state index is 12.9. The van der Waals surface area contributed by atoms with Gasteiger partial charge in [0.15, 0.2) is 5.79 Å². The fourth-order valence-corrected chi connectivity index (χ4v) is 2.79. The number of alkyl halides is 2. The molecule has 0 aromatic carbocycles. The van der Waals surface area contributed by atoms with Crippen molar-refractivity contribution in [1.29, 1.82) is 0 Å². The third kappa shape index (κ3) is 3.76. The Bertz CT molecular complexity index is 354. The molecular formula is C15H24F2O3. The van der Waals surface area contributed by atoms with Crippen molar-refractivity contribution in [2.45, 2.75) is 64.6 Å². The number of ketones is 1. The molecule has 3 nitrogen and oxygen atoms in total. The van der Waals surface area contributed by atoms with Crippen molar-refractivity contribution >= 4 is 5.78 Å². The molecule has 1 spiro atoms. The minimum atomic E-state index is -3.21. The highest BCUT2D eigenvalue weighted by atomic mass is 19.3. The molecule has 5 heteroatoms. The molecule has 1 heterocycles. The molecule has 0 radical (unpaired) electrons.